The fraction of sp³-hybridized carbons (Fsp3) is 0.118. The van der Waals surface area contributed by atoms with Crippen molar-refractivity contribution in [3.63, 3.8) is 0 Å². The monoisotopic (exact) mass is 438 g/mol. The summed E-state index contributed by atoms with van der Waals surface area (Å²) in [5.74, 6) is 1.62. The van der Waals surface area contributed by atoms with Crippen molar-refractivity contribution in [2.45, 2.75) is 6.92 Å². The Hall–Kier alpha value is -1.67. The van der Waals surface area contributed by atoms with Crippen LogP contribution in [0.4, 0.5) is 0 Å². The smallest absolute Gasteiger partial charge is 0.213 e. The van der Waals surface area contributed by atoms with E-state index in [2.05, 4.69) is 31.2 Å². The van der Waals surface area contributed by atoms with Gasteiger partial charge in [0.25, 0.3) is 0 Å². The van der Waals surface area contributed by atoms with Gasteiger partial charge in [-0.25, -0.2) is 0 Å². The Bertz CT molecular complexity index is 847. The number of ether oxygens (including phenoxy) is 2. The van der Waals surface area contributed by atoms with Gasteiger partial charge in [0.2, 0.25) is 5.90 Å². The molecule has 0 aliphatic rings. The second-order valence-electron chi connectivity index (χ2n) is 4.82. The lowest BCUT2D eigenvalue weighted by Gasteiger charge is -2.09. The highest BCUT2D eigenvalue weighted by Crippen LogP contribution is 2.30. The van der Waals surface area contributed by atoms with Gasteiger partial charge in [0, 0.05) is 47.5 Å². The van der Waals surface area contributed by atoms with E-state index in [0.717, 1.165) is 16.7 Å². The minimum absolute atomic E-state index is 0.157. The first-order chi connectivity index (χ1) is 11.2. The van der Waals surface area contributed by atoms with Crippen LogP contribution < -0.4 is 4.74 Å². The van der Waals surface area contributed by atoms with Crippen molar-refractivity contribution < 1.29 is 9.47 Å². The van der Waals surface area contributed by atoms with Gasteiger partial charge in [-0.05, 0) is 49.4 Å². The van der Waals surface area contributed by atoms with Crippen molar-refractivity contribution in [1.82, 2.24) is 3.97 Å². The normalized spacial score (nSPS) is 10.7. The molecule has 118 valence electrons. The molecule has 1 aromatic heterocycles. The number of aromatic nitrogens is 1. The van der Waals surface area contributed by atoms with Gasteiger partial charge >= 0.3 is 0 Å². The summed E-state index contributed by atoms with van der Waals surface area (Å²) in [7, 11) is 1.63. The minimum atomic E-state index is 0.157. The van der Waals surface area contributed by atoms with Crippen LogP contribution in [0.15, 0.2) is 54.7 Å². The van der Waals surface area contributed by atoms with Crippen LogP contribution in [0.2, 0.25) is 0 Å². The molecule has 0 bridgehead atoms. The third-order valence-electron chi connectivity index (χ3n) is 3.32. The molecule has 1 heterocycles. The van der Waals surface area contributed by atoms with Gasteiger partial charge < -0.3 is 9.47 Å². The van der Waals surface area contributed by atoms with Gasteiger partial charge in [-0.2, -0.15) is 0 Å². The van der Waals surface area contributed by atoms with E-state index in [1.165, 1.54) is 0 Å². The maximum absolute atomic E-state index is 7.85. The Morgan fingerprint density at radius 3 is 2.78 bits per heavy atom. The quantitative estimate of drug-likeness (QED) is 0.319. The zero-order chi connectivity index (χ0) is 16.2. The molecule has 0 amide bonds. The SMILES string of the molecule is CCOC(=N)c1cccc(Oc2ccc3c(ccn3SI)c2)c1. The average Bonchev–Trinajstić information content (AvgIpc) is 2.97. The van der Waals surface area contributed by atoms with Crippen LogP contribution in [0.5, 0.6) is 11.5 Å². The summed E-state index contributed by atoms with van der Waals surface area (Å²) in [5.41, 5.74) is 1.86. The van der Waals surface area contributed by atoms with E-state index < -0.39 is 0 Å². The van der Waals surface area contributed by atoms with Crippen LogP contribution >= 0.6 is 30.3 Å². The molecular formula is C17H15IN2O2S. The van der Waals surface area contributed by atoms with Crippen molar-refractivity contribution in [2.24, 2.45) is 0 Å². The number of nitrogens with one attached hydrogen (secondary N) is 1. The molecule has 0 aliphatic heterocycles. The van der Waals surface area contributed by atoms with Crippen LogP contribution in [0.25, 0.3) is 10.9 Å². The van der Waals surface area contributed by atoms with Crippen LogP contribution in [0.1, 0.15) is 12.5 Å². The molecule has 23 heavy (non-hydrogen) atoms. The fourth-order valence-electron chi connectivity index (χ4n) is 2.28. The summed E-state index contributed by atoms with van der Waals surface area (Å²) >= 11 is 2.26. The second kappa shape index (κ2) is 7.27. The highest BCUT2D eigenvalue weighted by Gasteiger charge is 2.06. The Labute approximate surface area is 151 Å². The highest BCUT2D eigenvalue weighted by molar-refractivity contribution is 14.2. The van der Waals surface area contributed by atoms with Crippen LogP contribution in [0, 0.1) is 5.41 Å². The summed E-state index contributed by atoms with van der Waals surface area (Å²) in [6.07, 6.45) is 2.04. The van der Waals surface area contributed by atoms with E-state index in [-0.39, 0.29) is 5.90 Å². The molecule has 0 fully saturated rings. The molecule has 0 spiro atoms. The average molecular weight is 438 g/mol. The molecule has 0 saturated carbocycles. The molecule has 0 saturated heterocycles. The lowest BCUT2D eigenvalue weighted by Crippen LogP contribution is -2.04. The fourth-order valence-corrected chi connectivity index (χ4v) is 3.66. The summed E-state index contributed by atoms with van der Waals surface area (Å²) in [6.45, 7) is 2.34. The van der Waals surface area contributed by atoms with Gasteiger partial charge in [-0.3, -0.25) is 9.38 Å². The predicted molar refractivity (Wildman–Crippen MR) is 104 cm³/mol. The van der Waals surface area contributed by atoms with E-state index in [1.807, 2.05) is 55.6 Å². The molecule has 1 N–H and O–H groups in total. The first-order valence-electron chi connectivity index (χ1n) is 7.11. The zero-order valence-corrected chi connectivity index (χ0v) is 15.4. The number of hydrogen-bond donors (Lipinski definition) is 1. The first kappa shape index (κ1) is 16.2. The molecule has 0 aliphatic carbocycles. The van der Waals surface area contributed by atoms with Crippen LogP contribution in [-0.4, -0.2) is 16.5 Å². The largest absolute Gasteiger partial charge is 0.478 e. The number of benzene rings is 2. The van der Waals surface area contributed by atoms with Gasteiger partial charge in [0.1, 0.15) is 11.5 Å². The van der Waals surface area contributed by atoms with Gasteiger partial charge in [0.15, 0.2) is 0 Å². The Balaban J connectivity index is 1.84. The van der Waals surface area contributed by atoms with E-state index in [4.69, 9.17) is 14.9 Å². The third-order valence-corrected chi connectivity index (χ3v) is 5.06. The first-order valence-corrected chi connectivity index (χ1v) is 10.4. The van der Waals surface area contributed by atoms with Gasteiger partial charge in [-0.15, -0.1) is 0 Å². The predicted octanol–water partition coefficient (Wildman–Crippen LogP) is 5.64. The molecule has 0 radical (unpaired) electrons. The molecule has 0 unspecified atom stereocenters. The number of hydrogen-bond acceptors (Lipinski definition) is 4. The van der Waals surface area contributed by atoms with E-state index in [1.54, 1.807) is 9.12 Å². The number of fused-ring (bicyclic) bond motifs is 1. The summed E-state index contributed by atoms with van der Waals surface area (Å²) in [4.78, 5) is 0. The third kappa shape index (κ3) is 3.64. The lowest BCUT2D eigenvalue weighted by atomic mass is 10.2. The maximum Gasteiger partial charge on any atom is 0.213 e. The highest BCUT2D eigenvalue weighted by atomic mass is 127. The van der Waals surface area contributed by atoms with E-state index in [9.17, 15) is 0 Å². The summed E-state index contributed by atoms with van der Waals surface area (Å²) < 4.78 is 13.3. The Morgan fingerprint density at radius 1 is 1.17 bits per heavy atom. The topological polar surface area (TPSA) is 47.2 Å². The number of halogens is 1. The van der Waals surface area contributed by atoms with Gasteiger partial charge in [-0.1, -0.05) is 6.07 Å². The number of rotatable bonds is 5. The molecular weight excluding hydrogens is 423 g/mol. The minimum Gasteiger partial charge on any atom is -0.478 e. The molecule has 3 rings (SSSR count). The molecule has 3 aromatic rings. The molecule has 2 aromatic carbocycles. The van der Waals surface area contributed by atoms with E-state index >= 15 is 0 Å². The Kier molecular flexibility index (Phi) is 5.12. The number of nitrogens with zero attached hydrogens (tertiary/aromatic N) is 1. The van der Waals surface area contributed by atoms with Gasteiger partial charge in [0.05, 0.1) is 12.1 Å². The summed E-state index contributed by atoms with van der Waals surface area (Å²) in [6, 6.07) is 15.5. The van der Waals surface area contributed by atoms with Crippen molar-refractivity contribution in [3.05, 3.63) is 60.3 Å². The van der Waals surface area contributed by atoms with Crippen molar-refractivity contribution in [3.8, 4) is 11.5 Å². The van der Waals surface area contributed by atoms with Crippen LogP contribution in [0.3, 0.4) is 0 Å². The van der Waals surface area contributed by atoms with Crippen LogP contribution in [-0.2, 0) is 4.74 Å². The summed E-state index contributed by atoms with van der Waals surface area (Å²) in [5, 5.41) is 8.98. The second-order valence-corrected chi connectivity index (χ2v) is 6.54. The standard InChI is InChI=1S/C17H15IN2O2S/c1-2-21-17(19)13-4-3-5-14(11-13)22-15-6-7-16-12(10-15)8-9-20(16)23-18/h3-11,19H,2H2,1H3. The maximum atomic E-state index is 7.85. The molecule has 4 nitrogen and oxygen atoms in total. The zero-order valence-electron chi connectivity index (χ0n) is 12.5. The van der Waals surface area contributed by atoms with Crippen molar-refractivity contribution >= 4 is 47.1 Å². The van der Waals surface area contributed by atoms with Crippen molar-refractivity contribution in [2.75, 3.05) is 6.61 Å². The van der Waals surface area contributed by atoms with E-state index in [0.29, 0.717) is 17.9 Å². The molecule has 0 atom stereocenters. The van der Waals surface area contributed by atoms with Crippen molar-refractivity contribution in [1.29, 1.82) is 5.41 Å². The Morgan fingerprint density at radius 2 is 2.00 bits per heavy atom. The molecule has 6 heteroatoms. The lowest BCUT2D eigenvalue weighted by molar-refractivity contribution is 0.325.